The third kappa shape index (κ3) is 5.73. The van der Waals surface area contributed by atoms with Gasteiger partial charge in [-0.2, -0.15) is 0 Å². The van der Waals surface area contributed by atoms with Crippen LogP contribution >= 0.6 is 11.3 Å². The fourth-order valence-corrected chi connectivity index (χ4v) is 3.53. The van der Waals surface area contributed by atoms with E-state index >= 15 is 0 Å². The van der Waals surface area contributed by atoms with Crippen LogP contribution in [0, 0.1) is 6.92 Å². The van der Waals surface area contributed by atoms with Crippen LogP contribution < -0.4 is 10.6 Å². The van der Waals surface area contributed by atoms with Crippen LogP contribution in [0.25, 0.3) is 10.6 Å². The van der Waals surface area contributed by atoms with Crippen molar-refractivity contribution < 1.29 is 14.7 Å². The van der Waals surface area contributed by atoms with Gasteiger partial charge >= 0.3 is 0 Å². The summed E-state index contributed by atoms with van der Waals surface area (Å²) in [6.45, 7) is 3.63. The maximum absolute atomic E-state index is 12.5. The Kier molecular flexibility index (Phi) is 6.74. The molecule has 0 spiro atoms. The zero-order valence-electron chi connectivity index (χ0n) is 16.3. The van der Waals surface area contributed by atoms with Crippen LogP contribution in [0.1, 0.15) is 28.5 Å². The lowest BCUT2D eigenvalue weighted by Crippen LogP contribution is -2.30. The molecule has 0 radical (unpaired) electrons. The second kappa shape index (κ2) is 9.45. The molecule has 0 saturated heterocycles. The van der Waals surface area contributed by atoms with Crippen LogP contribution in [0.5, 0.6) is 0 Å². The van der Waals surface area contributed by atoms with Crippen molar-refractivity contribution in [1.29, 1.82) is 0 Å². The molecule has 150 valence electrons. The number of aliphatic hydroxyl groups is 1. The number of nitrogens with zero attached hydrogens (tertiary/aromatic N) is 1. The molecule has 0 fully saturated rings. The van der Waals surface area contributed by atoms with Crippen molar-refractivity contribution in [2.75, 3.05) is 11.9 Å². The van der Waals surface area contributed by atoms with E-state index in [1.807, 2.05) is 42.6 Å². The minimum atomic E-state index is -0.623. The van der Waals surface area contributed by atoms with Gasteiger partial charge in [-0.3, -0.25) is 9.59 Å². The first-order valence-corrected chi connectivity index (χ1v) is 10.2. The van der Waals surface area contributed by atoms with Gasteiger partial charge in [0.2, 0.25) is 5.91 Å². The van der Waals surface area contributed by atoms with Crippen LogP contribution in [0.4, 0.5) is 5.69 Å². The first kappa shape index (κ1) is 20.7. The number of hydrogen-bond acceptors (Lipinski definition) is 5. The van der Waals surface area contributed by atoms with E-state index in [4.69, 9.17) is 0 Å². The summed E-state index contributed by atoms with van der Waals surface area (Å²) in [6.07, 6.45) is -0.469. The van der Waals surface area contributed by atoms with E-state index in [1.54, 1.807) is 25.1 Å². The van der Waals surface area contributed by atoms with Crippen molar-refractivity contribution in [2.24, 2.45) is 0 Å². The van der Waals surface area contributed by atoms with Crippen molar-refractivity contribution in [3.63, 3.8) is 0 Å². The summed E-state index contributed by atoms with van der Waals surface area (Å²) in [5.41, 5.74) is 3.59. The highest BCUT2D eigenvalue weighted by atomic mass is 32.1. The van der Waals surface area contributed by atoms with Gasteiger partial charge in [0.1, 0.15) is 5.01 Å². The monoisotopic (exact) mass is 409 g/mol. The SMILES string of the molecule is Cc1ccc(C(=O)NC[C@@H](C)O)cc1NC(=O)Cc1csc(-c2ccccc2)n1. The lowest BCUT2D eigenvalue weighted by molar-refractivity contribution is -0.115. The molecular formula is C22H23N3O3S. The molecule has 0 aliphatic rings. The quantitative estimate of drug-likeness (QED) is 0.558. The Labute approximate surface area is 173 Å². The largest absolute Gasteiger partial charge is 0.392 e. The van der Waals surface area contributed by atoms with Crippen LogP contribution in [0.15, 0.2) is 53.9 Å². The summed E-state index contributed by atoms with van der Waals surface area (Å²) in [5.74, 6) is -0.493. The van der Waals surface area contributed by atoms with Gasteiger partial charge in [0.25, 0.3) is 5.91 Å². The van der Waals surface area contributed by atoms with Gasteiger partial charge in [-0.15, -0.1) is 11.3 Å². The van der Waals surface area contributed by atoms with E-state index in [0.717, 1.165) is 16.1 Å². The molecule has 1 aromatic heterocycles. The van der Waals surface area contributed by atoms with Gasteiger partial charge in [-0.05, 0) is 31.5 Å². The van der Waals surface area contributed by atoms with Gasteiger partial charge in [0.15, 0.2) is 0 Å². The molecule has 0 aliphatic carbocycles. The highest BCUT2D eigenvalue weighted by molar-refractivity contribution is 7.13. The van der Waals surface area contributed by atoms with Crippen molar-refractivity contribution in [3.8, 4) is 10.6 Å². The Bertz CT molecular complexity index is 1000. The molecule has 0 aliphatic heterocycles. The minimum Gasteiger partial charge on any atom is -0.392 e. The number of carbonyl (C=O) groups is 2. The number of carbonyl (C=O) groups excluding carboxylic acids is 2. The number of amides is 2. The fraction of sp³-hybridized carbons (Fsp3) is 0.227. The Morgan fingerprint density at radius 3 is 2.66 bits per heavy atom. The Balaban J connectivity index is 1.65. The molecule has 29 heavy (non-hydrogen) atoms. The molecule has 2 aromatic carbocycles. The molecular weight excluding hydrogens is 386 g/mol. The number of hydrogen-bond donors (Lipinski definition) is 3. The molecule has 7 heteroatoms. The van der Waals surface area contributed by atoms with Crippen LogP contribution in [0.2, 0.25) is 0 Å². The predicted octanol–water partition coefficient (Wildman–Crippen LogP) is 3.41. The molecule has 6 nitrogen and oxygen atoms in total. The van der Waals surface area contributed by atoms with Gasteiger partial charge < -0.3 is 15.7 Å². The standard InChI is InChI=1S/C22H23N3O3S/c1-14-8-9-17(21(28)23-12-15(2)26)10-19(14)25-20(27)11-18-13-29-22(24-18)16-6-4-3-5-7-16/h3-10,13,15,26H,11-12H2,1-2H3,(H,23,28)(H,25,27)/t15-/m1/s1. The number of aromatic nitrogens is 1. The Hall–Kier alpha value is -3.03. The second-order valence-electron chi connectivity index (χ2n) is 6.82. The normalized spacial score (nSPS) is 11.7. The smallest absolute Gasteiger partial charge is 0.251 e. The van der Waals surface area contributed by atoms with E-state index < -0.39 is 6.10 Å². The average Bonchev–Trinajstić information content (AvgIpc) is 3.16. The average molecular weight is 410 g/mol. The summed E-state index contributed by atoms with van der Waals surface area (Å²) in [7, 11) is 0. The third-order valence-corrected chi connectivity index (χ3v) is 5.19. The molecule has 3 rings (SSSR count). The Morgan fingerprint density at radius 1 is 1.17 bits per heavy atom. The number of rotatable bonds is 7. The third-order valence-electron chi connectivity index (χ3n) is 4.25. The van der Waals surface area contributed by atoms with Crippen LogP contribution in [0.3, 0.4) is 0 Å². The van der Waals surface area contributed by atoms with Crippen molar-refractivity contribution >= 4 is 28.8 Å². The summed E-state index contributed by atoms with van der Waals surface area (Å²) in [5, 5.41) is 17.6. The molecule has 3 N–H and O–H groups in total. The van der Waals surface area contributed by atoms with E-state index in [2.05, 4.69) is 15.6 Å². The zero-order valence-corrected chi connectivity index (χ0v) is 17.1. The molecule has 0 saturated carbocycles. The Morgan fingerprint density at radius 2 is 1.93 bits per heavy atom. The molecule has 0 bridgehead atoms. The summed E-state index contributed by atoms with van der Waals surface area (Å²) < 4.78 is 0. The van der Waals surface area contributed by atoms with Crippen LogP contribution in [-0.2, 0) is 11.2 Å². The highest BCUT2D eigenvalue weighted by Gasteiger charge is 2.13. The minimum absolute atomic E-state index is 0.154. The second-order valence-corrected chi connectivity index (χ2v) is 7.68. The van der Waals surface area contributed by atoms with E-state index in [0.29, 0.717) is 16.9 Å². The first-order chi connectivity index (χ1) is 13.9. The molecule has 3 aromatic rings. The number of nitrogens with one attached hydrogen (secondary N) is 2. The number of aliphatic hydroxyl groups excluding tert-OH is 1. The van der Waals surface area contributed by atoms with E-state index in [-0.39, 0.29) is 24.8 Å². The molecule has 0 unspecified atom stereocenters. The van der Waals surface area contributed by atoms with Crippen molar-refractivity contribution in [3.05, 3.63) is 70.7 Å². The lowest BCUT2D eigenvalue weighted by Gasteiger charge is -2.11. The van der Waals surface area contributed by atoms with Gasteiger partial charge in [-0.25, -0.2) is 4.98 Å². The number of thiazole rings is 1. The maximum Gasteiger partial charge on any atom is 0.251 e. The van der Waals surface area contributed by atoms with Gasteiger partial charge in [0, 0.05) is 28.7 Å². The van der Waals surface area contributed by atoms with Crippen molar-refractivity contribution in [2.45, 2.75) is 26.4 Å². The van der Waals surface area contributed by atoms with Gasteiger partial charge in [-0.1, -0.05) is 36.4 Å². The predicted molar refractivity (Wildman–Crippen MR) is 115 cm³/mol. The van der Waals surface area contributed by atoms with Gasteiger partial charge in [0.05, 0.1) is 18.2 Å². The first-order valence-electron chi connectivity index (χ1n) is 9.29. The number of aryl methyl sites for hydroxylation is 1. The number of anilines is 1. The lowest BCUT2D eigenvalue weighted by atomic mass is 10.1. The summed E-state index contributed by atoms with van der Waals surface area (Å²) in [6, 6.07) is 14.9. The van der Waals surface area contributed by atoms with E-state index in [9.17, 15) is 14.7 Å². The van der Waals surface area contributed by atoms with Crippen molar-refractivity contribution in [1.82, 2.24) is 10.3 Å². The fourth-order valence-electron chi connectivity index (χ4n) is 2.70. The molecule has 1 heterocycles. The number of benzene rings is 2. The summed E-state index contributed by atoms with van der Waals surface area (Å²) in [4.78, 5) is 29.2. The maximum atomic E-state index is 12.5. The highest BCUT2D eigenvalue weighted by Crippen LogP contribution is 2.24. The topological polar surface area (TPSA) is 91.3 Å². The molecule has 2 amide bonds. The summed E-state index contributed by atoms with van der Waals surface area (Å²) >= 11 is 1.50. The zero-order chi connectivity index (χ0) is 20.8. The molecule has 1 atom stereocenters. The van der Waals surface area contributed by atoms with E-state index in [1.165, 1.54) is 11.3 Å². The van der Waals surface area contributed by atoms with Crippen LogP contribution in [-0.4, -0.2) is 34.6 Å².